The molecule has 1 nitrogen and oxygen atoms in total. The Morgan fingerprint density at radius 2 is 2.07 bits per heavy atom. The number of hydrogen-bond acceptors (Lipinski definition) is 1. The minimum Gasteiger partial charge on any atom is -0.319 e. The van der Waals surface area contributed by atoms with E-state index in [2.05, 4.69) is 0 Å². The average molecular weight is 222 g/mol. The summed E-state index contributed by atoms with van der Waals surface area (Å²) in [4.78, 5) is 0. The van der Waals surface area contributed by atoms with Gasteiger partial charge >= 0.3 is 0 Å². The van der Waals surface area contributed by atoms with Crippen molar-refractivity contribution in [3.8, 4) is 0 Å². The monoisotopic (exact) mass is 221 g/mol. The van der Waals surface area contributed by atoms with Crippen molar-refractivity contribution >= 4 is 11.6 Å². The molecule has 0 saturated heterocycles. The molecule has 0 bridgehead atoms. The van der Waals surface area contributed by atoms with Gasteiger partial charge in [-0.1, -0.05) is 11.6 Å². The van der Waals surface area contributed by atoms with Crippen molar-refractivity contribution < 1.29 is 13.2 Å². The van der Waals surface area contributed by atoms with Gasteiger partial charge in [0.15, 0.2) is 0 Å². The fraction of sp³-hybridized carbons (Fsp3) is 0.333. The molecular weight excluding hydrogens is 215 g/mol. The molecule has 1 aromatic rings. The summed E-state index contributed by atoms with van der Waals surface area (Å²) >= 11 is 5.64. The Morgan fingerprint density at radius 3 is 2.71 bits per heavy atom. The lowest BCUT2D eigenvalue weighted by Crippen LogP contribution is -2.28. The second-order valence-corrected chi connectivity index (χ2v) is 3.78. The van der Waals surface area contributed by atoms with Crippen molar-refractivity contribution in [3.63, 3.8) is 0 Å². The van der Waals surface area contributed by atoms with Crippen LogP contribution in [0.4, 0.5) is 13.2 Å². The van der Waals surface area contributed by atoms with Crippen LogP contribution in [0.15, 0.2) is 12.1 Å². The standard InChI is InChI=1S/C9H7ClF3N/c10-6-2-5(11)1-4-3-9(12,13)8(14)7(4)6/h1-2,8H,3,14H2/t8-/m1/s1. The van der Waals surface area contributed by atoms with Crippen LogP contribution < -0.4 is 5.73 Å². The molecular formula is C9H7ClF3N. The number of benzene rings is 1. The van der Waals surface area contributed by atoms with Gasteiger partial charge in [0, 0.05) is 11.4 Å². The Balaban J connectivity index is 2.59. The van der Waals surface area contributed by atoms with E-state index in [0.717, 1.165) is 12.1 Å². The first-order valence-electron chi connectivity index (χ1n) is 4.03. The van der Waals surface area contributed by atoms with Gasteiger partial charge < -0.3 is 5.73 Å². The van der Waals surface area contributed by atoms with E-state index in [-0.39, 0.29) is 16.1 Å². The van der Waals surface area contributed by atoms with Gasteiger partial charge in [0.1, 0.15) is 5.82 Å². The largest absolute Gasteiger partial charge is 0.319 e. The van der Waals surface area contributed by atoms with Gasteiger partial charge in [-0.25, -0.2) is 13.2 Å². The number of nitrogens with two attached hydrogens (primary N) is 1. The second kappa shape index (κ2) is 2.87. The summed E-state index contributed by atoms with van der Waals surface area (Å²) in [6.45, 7) is 0. The normalized spacial score (nSPS) is 23.6. The molecule has 1 aromatic carbocycles. The molecule has 0 amide bonds. The first-order chi connectivity index (χ1) is 6.42. The van der Waals surface area contributed by atoms with Crippen molar-refractivity contribution in [1.82, 2.24) is 0 Å². The van der Waals surface area contributed by atoms with Crippen molar-refractivity contribution in [2.24, 2.45) is 5.73 Å². The number of hydrogen-bond donors (Lipinski definition) is 1. The first kappa shape index (κ1) is 9.80. The molecule has 2 rings (SSSR count). The maximum absolute atomic E-state index is 13.1. The summed E-state index contributed by atoms with van der Waals surface area (Å²) in [6.07, 6.45) is -0.541. The smallest absolute Gasteiger partial charge is 0.271 e. The van der Waals surface area contributed by atoms with Crippen LogP contribution in [0, 0.1) is 5.82 Å². The summed E-state index contributed by atoms with van der Waals surface area (Å²) in [5.41, 5.74) is 5.68. The Kier molecular flexibility index (Phi) is 2.01. The summed E-state index contributed by atoms with van der Waals surface area (Å²) in [5, 5.41) is -0.0234. The van der Waals surface area contributed by atoms with Gasteiger partial charge in [-0.15, -0.1) is 0 Å². The molecule has 0 spiro atoms. The van der Waals surface area contributed by atoms with Crippen LogP contribution in [0.2, 0.25) is 5.02 Å². The van der Waals surface area contributed by atoms with Crippen LogP contribution in [0.5, 0.6) is 0 Å². The first-order valence-corrected chi connectivity index (χ1v) is 4.41. The summed E-state index contributed by atoms with van der Waals surface area (Å²) in [6, 6.07) is 0.634. The molecule has 1 aliphatic carbocycles. The lowest BCUT2D eigenvalue weighted by Gasteiger charge is -2.14. The minimum absolute atomic E-state index is 0.0234. The van der Waals surface area contributed by atoms with E-state index in [9.17, 15) is 13.2 Å². The summed E-state index contributed by atoms with van der Waals surface area (Å²) < 4.78 is 39.1. The second-order valence-electron chi connectivity index (χ2n) is 3.38. The topological polar surface area (TPSA) is 26.0 Å². The number of alkyl halides is 2. The zero-order valence-corrected chi connectivity index (χ0v) is 7.78. The highest BCUT2D eigenvalue weighted by Gasteiger charge is 2.46. The molecule has 14 heavy (non-hydrogen) atoms. The van der Waals surface area contributed by atoms with Crippen LogP contribution in [-0.4, -0.2) is 5.92 Å². The highest BCUT2D eigenvalue weighted by Crippen LogP contribution is 2.44. The van der Waals surface area contributed by atoms with E-state index in [1.165, 1.54) is 0 Å². The quantitative estimate of drug-likeness (QED) is 0.716. The Morgan fingerprint density at radius 1 is 1.43 bits per heavy atom. The Bertz CT molecular complexity index is 392. The maximum Gasteiger partial charge on any atom is 0.271 e. The van der Waals surface area contributed by atoms with Crippen LogP contribution >= 0.6 is 11.6 Å². The zero-order valence-electron chi connectivity index (χ0n) is 7.03. The fourth-order valence-electron chi connectivity index (χ4n) is 1.71. The SMILES string of the molecule is N[C@@H]1c2c(Cl)cc(F)cc2CC1(F)F. The van der Waals surface area contributed by atoms with E-state index >= 15 is 0 Å². The highest BCUT2D eigenvalue weighted by molar-refractivity contribution is 6.31. The third kappa shape index (κ3) is 1.29. The molecule has 0 aromatic heterocycles. The van der Waals surface area contributed by atoms with E-state index < -0.39 is 24.2 Å². The lowest BCUT2D eigenvalue weighted by molar-refractivity contribution is -0.0135. The average Bonchev–Trinajstić information content (AvgIpc) is 2.21. The van der Waals surface area contributed by atoms with Crippen molar-refractivity contribution in [2.75, 3.05) is 0 Å². The molecule has 5 heteroatoms. The zero-order chi connectivity index (χ0) is 10.5. The number of halogens is 4. The van der Waals surface area contributed by atoms with E-state index in [1.807, 2.05) is 0 Å². The predicted molar refractivity (Wildman–Crippen MR) is 47.0 cm³/mol. The number of rotatable bonds is 0. The van der Waals surface area contributed by atoms with Crippen molar-refractivity contribution in [2.45, 2.75) is 18.4 Å². The van der Waals surface area contributed by atoms with Crippen molar-refractivity contribution in [1.29, 1.82) is 0 Å². The third-order valence-electron chi connectivity index (χ3n) is 2.37. The van der Waals surface area contributed by atoms with Crippen LogP contribution in [-0.2, 0) is 6.42 Å². The Labute approximate surface area is 83.7 Å². The van der Waals surface area contributed by atoms with Gasteiger partial charge in [-0.05, 0) is 23.3 Å². The fourth-order valence-corrected chi connectivity index (χ4v) is 2.05. The minimum atomic E-state index is -3.03. The third-order valence-corrected chi connectivity index (χ3v) is 2.68. The highest BCUT2D eigenvalue weighted by atomic mass is 35.5. The van der Waals surface area contributed by atoms with Crippen LogP contribution in [0.25, 0.3) is 0 Å². The molecule has 0 radical (unpaired) electrons. The molecule has 0 aliphatic heterocycles. The molecule has 76 valence electrons. The van der Waals surface area contributed by atoms with Crippen LogP contribution in [0.3, 0.4) is 0 Å². The summed E-state index contributed by atoms with van der Waals surface area (Å²) in [5.74, 6) is -3.64. The summed E-state index contributed by atoms with van der Waals surface area (Å²) in [7, 11) is 0. The predicted octanol–water partition coefficient (Wildman–Crippen LogP) is 2.67. The van der Waals surface area contributed by atoms with Gasteiger partial charge in [-0.2, -0.15) is 0 Å². The van der Waals surface area contributed by atoms with Gasteiger partial charge in [0.05, 0.1) is 6.04 Å². The molecule has 0 fully saturated rings. The maximum atomic E-state index is 13.1. The van der Waals surface area contributed by atoms with Crippen LogP contribution in [0.1, 0.15) is 17.2 Å². The van der Waals surface area contributed by atoms with E-state index in [1.54, 1.807) is 0 Å². The molecule has 0 saturated carbocycles. The van der Waals surface area contributed by atoms with Crippen molar-refractivity contribution in [3.05, 3.63) is 34.1 Å². The van der Waals surface area contributed by atoms with E-state index in [0.29, 0.717) is 0 Å². The molecule has 0 heterocycles. The Hall–Kier alpha value is -0.740. The van der Waals surface area contributed by atoms with E-state index in [4.69, 9.17) is 17.3 Å². The lowest BCUT2D eigenvalue weighted by atomic mass is 10.1. The van der Waals surface area contributed by atoms with Gasteiger partial charge in [0.2, 0.25) is 0 Å². The number of fused-ring (bicyclic) bond motifs is 1. The molecule has 2 N–H and O–H groups in total. The van der Waals surface area contributed by atoms with Gasteiger partial charge in [0.25, 0.3) is 5.92 Å². The van der Waals surface area contributed by atoms with Gasteiger partial charge in [-0.3, -0.25) is 0 Å². The molecule has 1 atom stereocenters. The molecule has 1 aliphatic rings. The molecule has 0 unspecified atom stereocenters.